The van der Waals surface area contributed by atoms with E-state index >= 15 is 0 Å². The second-order valence-electron chi connectivity index (χ2n) is 4.67. The van der Waals surface area contributed by atoms with E-state index in [-0.39, 0.29) is 29.3 Å². The average Bonchev–Trinajstić information content (AvgIpc) is 2.51. The summed E-state index contributed by atoms with van der Waals surface area (Å²) >= 11 is 5.82. The molecule has 7 heteroatoms. The lowest BCUT2D eigenvalue weighted by Gasteiger charge is -2.14. The van der Waals surface area contributed by atoms with Crippen molar-refractivity contribution in [3.05, 3.63) is 64.4 Å². The van der Waals surface area contributed by atoms with Crippen molar-refractivity contribution in [2.24, 2.45) is 5.16 Å². The molecule has 0 bridgehead atoms. The summed E-state index contributed by atoms with van der Waals surface area (Å²) in [5.74, 6) is 0. The predicted molar refractivity (Wildman–Crippen MR) is 82.3 cm³/mol. The molecule has 0 aliphatic heterocycles. The Balaban J connectivity index is 2.26. The number of aromatic nitrogens is 1. The molecule has 0 spiro atoms. The number of nitrogens with zero attached hydrogens (tertiary/aromatic N) is 2. The van der Waals surface area contributed by atoms with Crippen LogP contribution in [0.15, 0.2) is 47.8 Å². The Morgan fingerprint density at radius 3 is 2.65 bits per heavy atom. The van der Waals surface area contributed by atoms with Crippen LogP contribution < -0.4 is 0 Å². The van der Waals surface area contributed by atoms with Crippen molar-refractivity contribution in [1.29, 1.82) is 0 Å². The maximum atomic E-state index is 13.1. The molecule has 2 aromatic rings. The van der Waals surface area contributed by atoms with Gasteiger partial charge in [0, 0.05) is 16.8 Å². The number of oxime groups is 1. The van der Waals surface area contributed by atoms with Crippen LogP contribution in [0.1, 0.15) is 30.2 Å². The van der Waals surface area contributed by atoms with E-state index in [4.69, 9.17) is 16.4 Å². The topological polar surface area (TPSA) is 34.5 Å². The van der Waals surface area contributed by atoms with Crippen LogP contribution in [-0.4, -0.2) is 10.7 Å². The molecule has 0 N–H and O–H groups in total. The highest BCUT2D eigenvalue weighted by molar-refractivity contribution is 6.31. The molecule has 23 heavy (non-hydrogen) atoms. The summed E-state index contributed by atoms with van der Waals surface area (Å²) in [5, 5.41) is 4.05. The largest absolute Gasteiger partial charge is 0.417 e. The Kier molecular flexibility index (Phi) is 5.60. The van der Waals surface area contributed by atoms with Crippen molar-refractivity contribution in [2.45, 2.75) is 26.1 Å². The van der Waals surface area contributed by atoms with Gasteiger partial charge in [0.2, 0.25) is 0 Å². The summed E-state index contributed by atoms with van der Waals surface area (Å²) in [5.41, 5.74) is -0.0537. The molecule has 0 radical (unpaired) electrons. The number of rotatable bonds is 5. The van der Waals surface area contributed by atoms with E-state index in [0.717, 1.165) is 6.07 Å². The van der Waals surface area contributed by atoms with E-state index in [1.54, 1.807) is 31.3 Å². The molecule has 122 valence electrons. The highest BCUT2D eigenvalue weighted by atomic mass is 35.5. The minimum Gasteiger partial charge on any atom is -0.389 e. The van der Waals surface area contributed by atoms with Crippen molar-refractivity contribution in [3.63, 3.8) is 0 Å². The molecule has 0 aliphatic carbocycles. The van der Waals surface area contributed by atoms with E-state index in [2.05, 4.69) is 10.1 Å². The highest BCUT2D eigenvalue weighted by Crippen LogP contribution is 2.34. The summed E-state index contributed by atoms with van der Waals surface area (Å²) < 4.78 is 39.3. The third kappa shape index (κ3) is 4.69. The first-order valence-corrected chi connectivity index (χ1v) is 7.25. The standard InChI is InChI=1S/C16H14ClF3N2O/c1-2-15(22-23-10-12-5-3-4-8-21-12)13-9-11(17)6-7-14(13)16(18,19)20/h3-9H,2,10H2,1H3. The fourth-order valence-corrected chi connectivity index (χ4v) is 2.14. The summed E-state index contributed by atoms with van der Waals surface area (Å²) in [7, 11) is 0. The fraction of sp³-hybridized carbons (Fsp3) is 0.250. The van der Waals surface area contributed by atoms with Gasteiger partial charge in [-0.3, -0.25) is 4.98 Å². The third-order valence-electron chi connectivity index (χ3n) is 3.05. The van der Waals surface area contributed by atoms with Crippen molar-refractivity contribution in [2.75, 3.05) is 0 Å². The van der Waals surface area contributed by atoms with Crippen LogP contribution in [0.4, 0.5) is 13.2 Å². The van der Waals surface area contributed by atoms with Crippen LogP contribution in [0.2, 0.25) is 5.02 Å². The van der Waals surface area contributed by atoms with Crippen molar-refractivity contribution < 1.29 is 18.0 Å². The molecule has 3 nitrogen and oxygen atoms in total. The van der Waals surface area contributed by atoms with E-state index in [1.807, 2.05) is 0 Å². The first-order valence-electron chi connectivity index (χ1n) is 6.87. The summed E-state index contributed by atoms with van der Waals surface area (Å²) in [6.07, 6.45) is -2.62. The van der Waals surface area contributed by atoms with Gasteiger partial charge in [-0.15, -0.1) is 0 Å². The van der Waals surface area contributed by atoms with Gasteiger partial charge in [-0.05, 0) is 36.8 Å². The molecule has 0 saturated carbocycles. The maximum absolute atomic E-state index is 13.1. The number of halogens is 4. The van der Waals surface area contributed by atoms with Gasteiger partial charge in [0.15, 0.2) is 6.61 Å². The zero-order valence-corrected chi connectivity index (χ0v) is 13.0. The molecule has 0 amide bonds. The molecule has 2 rings (SSSR count). The van der Waals surface area contributed by atoms with Crippen LogP contribution in [0.25, 0.3) is 0 Å². The number of pyridine rings is 1. The predicted octanol–water partition coefficient (Wildman–Crippen LogP) is 5.08. The van der Waals surface area contributed by atoms with Crippen LogP contribution in [0.5, 0.6) is 0 Å². The molecule has 1 aromatic heterocycles. The lowest BCUT2D eigenvalue weighted by molar-refractivity contribution is -0.137. The molecule has 0 aliphatic rings. The lowest BCUT2D eigenvalue weighted by atomic mass is 10.0. The van der Waals surface area contributed by atoms with E-state index in [1.165, 1.54) is 12.1 Å². The Bertz CT molecular complexity index is 687. The first kappa shape index (κ1) is 17.3. The van der Waals surface area contributed by atoms with Gasteiger partial charge in [-0.2, -0.15) is 13.2 Å². The van der Waals surface area contributed by atoms with E-state index < -0.39 is 11.7 Å². The monoisotopic (exact) mass is 342 g/mol. The van der Waals surface area contributed by atoms with Gasteiger partial charge in [0.05, 0.1) is 17.0 Å². The SMILES string of the molecule is CCC(=NOCc1ccccn1)c1cc(Cl)ccc1C(F)(F)F. The zero-order valence-electron chi connectivity index (χ0n) is 12.3. The van der Waals surface area contributed by atoms with Crippen molar-refractivity contribution in [3.8, 4) is 0 Å². The van der Waals surface area contributed by atoms with E-state index in [0.29, 0.717) is 5.69 Å². The van der Waals surface area contributed by atoms with Gasteiger partial charge < -0.3 is 4.84 Å². The normalized spacial score (nSPS) is 12.3. The summed E-state index contributed by atoms with van der Waals surface area (Å²) in [6, 6.07) is 8.68. The molecule has 0 fully saturated rings. The Hall–Kier alpha value is -2.08. The number of alkyl halides is 3. The van der Waals surface area contributed by atoms with Gasteiger partial charge in [0.1, 0.15) is 0 Å². The molecule has 1 heterocycles. The van der Waals surface area contributed by atoms with Crippen molar-refractivity contribution >= 4 is 17.3 Å². The van der Waals surface area contributed by atoms with Crippen LogP contribution in [-0.2, 0) is 17.6 Å². The molecule has 0 atom stereocenters. The average molecular weight is 343 g/mol. The van der Waals surface area contributed by atoms with Gasteiger partial charge in [-0.1, -0.05) is 29.7 Å². The molecular formula is C16H14ClF3N2O. The van der Waals surface area contributed by atoms with Gasteiger partial charge in [-0.25, -0.2) is 0 Å². The number of hydrogen-bond acceptors (Lipinski definition) is 3. The van der Waals surface area contributed by atoms with Crippen LogP contribution in [0.3, 0.4) is 0 Å². The fourth-order valence-electron chi connectivity index (χ4n) is 1.97. The summed E-state index contributed by atoms with van der Waals surface area (Å²) in [6.45, 7) is 1.77. The Morgan fingerprint density at radius 2 is 2.04 bits per heavy atom. The Morgan fingerprint density at radius 1 is 1.26 bits per heavy atom. The van der Waals surface area contributed by atoms with Crippen LogP contribution >= 0.6 is 11.6 Å². The third-order valence-corrected chi connectivity index (χ3v) is 3.28. The second-order valence-corrected chi connectivity index (χ2v) is 5.11. The second kappa shape index (κ2) is 7.46. The molecule has 1 aromatic carbocycles. The minimum atomic E-state index is -4.49. The molecule has 0 unspecified atom stereocenters. The Labute approximate surface area is 136 Å². The van der Waals surface area contributed by atoms with Crippen LogP contribution in [0, 0.1) is 0 Å². The first-order chi connectivity index (χ1) is 10.9. The smallest absolute Gasteiger partial charge is 0.389 e. The quantitative estimate of drug-likeness (QED) is 0.560. The number of benzene rings is 1. The summed E-state index contributed by atoms with van der Waals surface area (Å²) in [4.78, 5) is 9.20. The van der Waals surface area contributed by atoms with E-state index in [9.17, 15) is 13.2 Å². The van der Waals surface area contributed by atoms with Gasteiger partial charge in [0.25, 0.3) is 0 Å². The zero-order chi connectivity index (χ0) is 16.9. The maximum Gasteiger partial charge on any atom is 0.417 e. The molecule has 0 saturated heterocycles. The number of hydrogen-bond donors (Lipinski definition) is 0. The lowest BCUT2D eigenvalue weighted by Crippen LogP contribution is -2.13. The highest BCUT2D eigenvalue weighted by Gasteiger charge is 2.34. The van der Waals surface area contributed by atoms with Gasteiger partial charge >= 0.3 is 6.18 Å². The molecular weight excluding hydrogens is 329 g/mol. The minimum absolute atomic E-state index is 0.0754. The van der Waals surface area contributed by atoms with Crippen molar-refractivity contribution in [1.82, 2.24) is 4.98 Å².